The Morgan fingerprint density at radius 3 is 2.43 bits per heavy atom. The number of amides is 2. The Kier molecular flexibility index (Phi) is 4.45. The number of carbonyl (C=O) groups is 2. The van der Waals surface area contributed by atoms with Gasteiger partial charge in [0.2, 0.25) is 6.41 Å². The minimum absolute atomic E-state index is 0.0223. The first-order valence-electron chi connectivity index (χ1n) is 6.83. The summed E-state index contributed by atoms with van der Waals surface area (Å²) >= 11 is 0. The van der Waals surface area contributed by atoms with Crippen LogP contribution in [-0.2, 0) is 4.79 Å². The number of carbonyl (C=O) groups excluding carboxylic acids is 2. The molecule has 5 nitrogen and oxygen atoms in total. The highest BCUT2D eigenvalue weighted by Gasteiger charge is 2.33. The lowest BCUT2D eigenvalue weighted by atomic mass is 10.1. The number of hydrogen-bond donors (Lipinski definition) is 0. The fraction of sp³-hybridized carbons (Fsp3) is 0.467. The number of nitrogens with zero attached hydrogens (tertiary/aromatic N) is 2. The molecule has 0 N–H and O–H groups in total. The molecule has 1 aromatic carbocycles. The van der Waals surface area contributed by atoms with E-state index in [9.17, 15) is 14.0 Å². The van der Waals surface area contributed by atoms with Crippen molar-refractivity contribution in [3.63, 3.8) is 0 Å². The average Bonchev–Trinajstić information content (AvgIpc) is 2.45. The van der Waals surface area contributed by atoms with Gasteiger partial charge in [0.15, 0.2) is 0 Å². The van der Waals surface area contributed by atoms with Gasteiger partial charge in [-0.05, 0) is 26.0 Å². The summed E-state index contributed by atoms with van der Waals surface area (Å²) in [4.78, 5) is 26.7. The fourth-order valence-electron chi connectivity index (χ4n) is 2.79. The summed E-state index contributed by atoms with van der Waals surface area (Å²) in [7, 11) is 1.44. The monoisotopic (exact) mass is 294 g/mol. The van der Waals surface area contributed by atoms with Crippen molar-refractivity contribution in [1.29, 1.82) is 0 Å². The average molecular weight is 294 g/mol. The van der Waals surface area contributed by atoms with Gasteiger partial charge in [-0.15, -0.1) is 0 Å². The first-order chi connectivity index (χ1) is 9.97. The van der Waals surface area contributed by atoms with Crippen LogP contribution in [-0.4, -0.2) is 54.4 Å². The van der Waals surface area contributed by atoms with Gasteiger partial charge in [0.1, 0.15) is 11.6 Å². The zero-order valence-corrected chi connectivity index (χ0v) is 12.4. The standard InChI is InChI=1S/C15H19FN2O3/c1-10-7-17(9-19)8-11(2)18(10)15(20)13-5-4-12(21-3)6-14(13)16/h4-6,9-11H,7-8H2,1-3H3/t10-,11-/m1/s1. The Balaban J connectivity index is 2.25. The van der Waals surface area contributed by atoms with Gasteiger partial charge < -0.3 is 14.5 Å². The number of halogens is 1. The molecule has 1 aromatic rings. The van der Waals surface area contributed by atoms with Crippen LogP contribution in [0.1, 0.15) is 24.2 Å². The van der Waals surface area contributed by atoms with Crippen LogP contribution < -0.4 is 4.74 Å². The molecule has 0 aliphatic carbocycles. The number of methoxy groups -OCH3 is 1. The molecule has 2 amide bonds. The molecule has 6 heteroatoms. The lowest BCUT2D eigenvalue weighted by Gasteiger charge is -2.43. The molecule has 0 spiro atoms. The molecule has 2 rings (SSSR count). The van der Waals surface area contributed by atoms with Crippen LogP contribution >= 0.6 is 0 Å². The van der Waals surface area contributed by atoms with E-state index in [0.29, 0.717) is 18.8 Å². The summed E-state index contributed by atoms with van der Waals surface area (Å²) in [5, 5.41) is 0. The van der Waals surface area contributed by atoms with Gasteiger partial charge in [-0.1, -0.05) is 0 Å². The molecule has 0 bridgehead atoms. The van der Waals surface area contributed by atoms with E-state index in [1.807, 2.05) is 13.8 Å². The van der Waals surface area contributed by atoms with Crippen LogP contribution in [0, 0.1) is 5.82 Å². The maximum atomic E-state index is 14.0. The summed E-state index contributed by atoms with van der Waals surface area (Å²) < 4.78 is 19.0. The Hall–Kier alpha value is -2.11. The number of ether oxygens (including phenoxy) is 1. The lowest BCUT2D eigenvalue weighted by molar-refractivity contribution is -0.121. The minimum atomic E-state index is -0.600. The fourth-order valence-corrected chi connectivity index (χ4v) is 2.79. The van der Waals surface area contributed by atoms with Gasteiger partial charge in [0.05, 0.1) is 12.7 Å². The summed E-state index contributed by atoms with van der Waals surface area (Å²) in [6, 6.07) is 3.88. The first-order valence-corrected chi connectivity index (χ1v) is 6.83. The third-order valence-electron chi connectivity index (χ3n) is 3.74. The number of piperazine rings is 1. The second-order valence-corrected chi connectivity index (χ2v) is 5.32. The molecule has 0 aromatic heterocycles. The second-order valence-electron chi connectivity index (χ2n) is 5.32. The van der Waals surface area contributed by atoms with E-state index in [4.69, 9.17) is 4.74 Å². The lowest BCUT2D eigenvalue weighted by Crippen LogP contribution is -2.58. The molecule has 1 saturated heterocycles. The molecule has 1 fully saturated rings. The zero-order chi connectivity index (χ0) is 15.6. The van der Waals surface area contributed by atoms with Crippen molar-refractivity contribution in [1.82, 2.24) is 9.80 Å². The quantitative estimate of drug-likeness (QED) is 0.794. The highest BCUT2D eigenvalue weighted by molar-refractivity contribution is 5.95. The molecular formula is C15H19FN2O3. The highest BCUT2D eigenvalue weighted by atomic mass is 19.1. The van der Waals surface area contributed by atoms with E-state index in [0.717, 1.165) is 6.41 Å². The van der Waals surface area contributed by atoms with Crippen molar-refractivity contribution in [2.24, 2.45) is 0 Å². The molecule has 0 radical (unpaired) electrons. The van der Waals surface area contributed by atoms with E-state index in [2.05, 4.69) is 0 Å². The molecule has 1 aliphatic rings. The van der Waals surface area contributed by atoms with Crippen molar-refractivity contribution in [3.05, 3.63) is 29.6 Å². The van der Waals surface area contributed by atoms with Crippen LogP contribution in [0.3, 0.4) is 0 Å². The van der Waals surface area contributed by atoms with E-state index >= 15 is 0 Å². The Labute approximate surface area is 123 Å². The van der Waals surface area contributed by atoms with Crippen LogP contribution in [0.4, 0.5) is 4.39 Å². The first kappa shape index (κ1) is 15.3. The Morgan fingerprint density at radius 1 is 1.33 bits per heavy atom. The van der Waals surface area contributed by atoms with Crippen molar-refractivity contribution in [2.45, 2.75) is 25.9 Å². The molecule has 114 valence electrons. The van der Waals surface area contributed by atoms with Gasteiger partial charge in [0, 0.05) is 31.2 Å². The third kappa shape index (κ3) is 2.99. The number of hydrogen-bond acceptors (Lipinski definition) is 3. The molecule has 1 aliphatic heterocycles. The van der Waals surface area contributed by atoms with E-state index < -0.39 is 5.82 Å². The van der Waals surface area contributed by atoms with Crippen molar-refractivity contribution in [3.8, 4) is 5.75 Å². The normalized spacial score (nSPS) is 22.1. The van der Waals surface area contributed by atoms with Gasteiger partial charge >= 0.3 is 0 Å². The molecular weight excluding hydrogens is 275 g/mol. The summed E-state index contributed by atoms with van der Waals surface area (Å²) in [5.41, 5.74) is 0.0223. The van der Waals surface area contributed by atoms with Gasteiger partial charge in [-0.3, -0.25) is 9.59 Å². The minimum Gasteiger partial charge on any atom is -0.497 e. The van der Waals surface area contributed by atoms with E-state index in [-0.39, 0.29) is 23.6 Å². The van der Waals surface area contributed by atoms with Crippen LogP contribution in [0.2, 0.25) is 0 Å². The molecule has 21 heavy (non-hydrogen) atoms. The third-order valence-corrected chi connectivity index (χ3v) is 3.74. The second kappa shape index (κ2) is 6.11. The maximum absolute atomic E-state index is 14.0. The molecule has 0 unspecified atom stereocenters. The van der Waals surface area contributed by atoms with Crippen molar-refractivity contribution < 1.29 is 18.7 Å². The van der Waals surface area contributed by atoms with Crippen LogP contribution in [0.15, 0.2) is 18.2 Å². The van der Waals surface area contributed by atoms with E-state index in [1.165, 1.54) is 19.2 Å². The Bertz CT molecular complexity index is 538. The van der Waals surface area contributed by atoms with Crippen LogP contribution in [0.25, 0.3) is 0 Å². The van der Waals surface area contributed by atoms with Gasteiger partial charge in [0.25, 0.3) is 5.91 Å². The largest absolute Gasteiger partial charge is 0.497 e. The number of rotatable bonds is 3. The Morgan fingerprint density at radius 2 is 1.95 bits per heavy atom. The number of benzene rings is 1. The van der Waals surface area contributed by atoms with E-state index in [1.54, 1.807) is 15.9 Å². The summed E-state index contributed by atoms with van der Waals surface area (Å²) in [6.07, 6.45) is 0.781. The maximum Gasteiger partial charge on any atom is 0.257 e. The predicted molar refractivity (Wildman–Crippen MR) is 75.7 cm³/mol. The van der Waals surface area contributed by atoms with Gasteiger partial charge in [-0.2, -0.15) is 0 Å². The smallest absolute Gasteiger partial charge is 0.257 e. The zero-order valence-electron chi connectivity index (χ0n) is 12.4. The van der Waals surface area contributed by atoms with Crippen molar-refractivity contribution >= 4 is 12.3 Å². The summed E-state index contributed by atoms with van der Waals surface area (Å²) in [5.74, 6) is -0.590. The van der Waals surface area contributed by atoms with Crippen LogP contribution in [0.5, 0.6) is 5.75 Å². The SMILES string of the molecule is COc1ccc(C(=O)N2[C@H](C)CN(C=O)C[C@H]2C)c(F)c1. The molecule has 2 atom stereocenters. The topological polar surface area (TPSA) is 49.9 Å². The van der Waals surface area contributed by atoms with Gasteiger partial charge in [-0.25, -0.2) is 4.39 Å². The molecule has 0 saturated carbocycles. The summed E-state index contributed by atoms with van der Waals surface area (Å²) in [6.45, 7) is 4.62. The molecule has 1 heterocycles. The predicted octanol–water partition coefficient (Wildman–Crippen LogP) is 1.53. The van der Waals surface area contributed by atoms with Crippen molar-refractivity contribution in [2.75, 3.05) is 20.2 Å². The highest BCUT2D eigenvalue weighted by Crippen LogP contribution is 2.22.